The second kappa shape index (κ2) is 6.29. The summed E-state index contributed by atoms with van der Waals surface area (Å²) in [6.45, 7) is 8.13. The van der Waals surface area contributed by atoms with Crippen LogP contribution < -0.4 is 10.5 Å². The number of anilines is 1. The van der Waals surface area contributed by atoms with Crippen molar-refractivity contribution in [3.63, 3.8) is 0 Å². The molecule has 0 aliphatic heterocycles. The van der Waals surface area contributed by atoms with E-state index in [9.17, 15) is 0 Å². The number of hydrogen-bond donors (Lipinski definition) is 2. The summed E-state index contributed by atoms with van der Waals surface area (Å²) in [5.74, 6) is 0.476. The van der Waals surface area contributed by atoms with E-state index in [1.807, 2.05) is 32.9 Å². The van der Waals surface area contributed by atoms with Gasteiger partial charge in [-0.1, -0.05) is 6.92 Å². The van der Waals surface area contributed by atoms with Gasteiger partial charge in [-0.15, -0.1) is 11.8 Å². The van der Waals surface area contributed by atoms with Crippen LogP contribution in [0.15, 0.2) is 17.2 Å². The predicted octanol–water partition coefficient (Wildman–Crippen LogP) is 2.70. The third kappa shape index (κ3) is 5.14. The molecule has 0 aliphatic carbocycles. The van der Waals surface area contributed by atoms with Crippen LogP contribution in [0.25, 0.3) is 0 Å². The van der Waals surface area contributed by atoms with Crippen molar-refractivity contribution in [3.05, 3.63) is 12.1 Å². The first kappa shape index (κ1) is 15.1. The summed E-state index contributed by atoms with van der Waals surface area (Å²) in [6, 6.07) is 3.69. The molecule has 0 fully saturated rings. The summed E-state index contributed by atoms with van der Waals surface area (Å²) < 4.78 is 5.72. The fourth-order valence-electron chi connectivity index (χ4n) is 1.32. The lowest BCUT2D eigenvalue weighted by Crippen LogP contribution is -2.24. The second-order valence-electron chi connectivity index (χ2n) is 5.20. The van der Waals surface area contributed by atoms with Crippen LogP contribution in [0.2, 0.25) is 0 Å². The number of aromatic nitrogens is 1. The molecule has 5 heteroatoms. The van der Waals surface area contributed by atoms with E-state index < -0.39 is 0 Å². The molecule has 1 aromatic heterocycles. The first-order valence-corrected chi connectivity index (χ1v) is 6.93. The van der Waals surface area contributed by atoms with E-state index in [0.29, 0.717) is 16.8 Å². The topological polar surface area (TPSA) is 68.4 Å². The minimum atomic E-state index is -0.318. The van der Waals surface area contributed by atoms with E-state index in [1.165, 1.54) is 0 Å². The maximum Gasteiger partial charge on any atom is 0.238 e. The molecule has 0 aromatic carbocycles. The summed E-state index contributed by atoms with van der Waals surface area (Å²) in [7, 11) is 0. The van der Waals surface area contributed by atoms with Crippen molar-refractivity contribution in [2.45, 2.75) is 50.0 Å². The van der Waals surface area contributed by atoms with Crippen LogP contribution in [0.4, 0.5) is 5.69 Å². The lowest BCUT2D eigenvalue weighted by Gasteiger charge is -2.21. The highest BCUT2D eigenvalue weighted by atomic mass is 32.2. The first-order chi connectivity index (χ1) is 8.31. The monoisotopic (exact) mass is 270 g/mol. The number of hydrogen-bond acceptors (Lipinski definition) is 5. The van der Waals surface area contributed by atoms with Crippen molar-refractivity contribution in [3.8, 4) is 5.88 Å². The Bertz CT molecular complexity index is 391. The molecule has 0 spiro atoms. The Morgan fingerprint density at radius 2 is 2.11 bits per heavy atom. The van der Waals surface area contributed by atoms with Gasteiger partial charge in [-0.3, -0.25) is 0 Å². The number of pyridine rings is 1. The van der Waals surface area contributed by atoms with Crippen molar-refractivity contribution >= 4 is 17.4 Å². The number of aliphatic hydroxyl groups is 1. The highest BCUT2D eigenvalue weighted by Gasteiger charge is 2.16. The van der Waals surface area contributed by atoms with E-state index in [2.05, 4.69) is 11.9 Å². The number of thioether (sulfide) groups is 1. The van der Waals surface area contributed by atoms with E-state index in [0.717, 1.165) is 11.4 Å². The van der Waals surface area contributed by atoms with Crippen LogP contribution in [-0.4, -0.2) is 27.5 Å². The quantitative estimate of drug-likeness (QED) is 0.805. The van der Waals surface area contributed by atoms with Gasteiger partial charge in [0.25, 0.3) is 0 Å². The van der Waals surface area contributed by atoms with Gasteiger partial charge in [0, 0.05) is 11.9 Å². The maximum absolute atomic E-state index is 8.89. The summed E-state index contributed by atoms with van der Waals surface area (Å²) in [6.07, 6.45) is 0.742. The van der Waals surface area contributed by atoms with Crippen LogP contribution >= 0.6 is 11.8 Å². The van der Waals surface area contributed by atoms with E-state index >= 15 is 0 Å². The van der Waals surface area contributed by atoms with Gasteiger partial charge in [-0.05, 0) is 39.3 Å². The number of aliphatic hydroxyl groups excluding tert-OH is 1. The predicted molar refractivity (Wildman–Crippen MR) is 76.1 cm³/mol. The number of nitrogen functional groups attached to an aromatic ring is 1. The van der Waals surface area contributed by atoms with Gasteiger partial charge < -0.3 is 15.6 Å². The third-order valence-electron chi connectivity index (χ3n) is 2.12. The highest BCUT2D eigenvalue weighted by molar-refractivity contribution is 7.99. The zero-order valence-electron chi connectivity index (χ0n) is 11.4. The molecule has 1 aromatic rings. The zero-order chi connectivity index (χ0) is 13.8. The van der Waals surface area contributed by atoms with Crippen molar-refractivity contribution in [1.82, 2.24) is 4.98 Å². The SMILES string of the molecule is CC(CCO)Sc1ccc(N)c(OC(C)(C)C)n1. The number of ether oxygens (including phenoxy) is 1. The zero-order valence-corrected chi connectivity index (χ0v) is 12.3. The second-order valence-corrected chi connectivity index (χ2v) is 6.66. The van der Waals surface area contributed by atoms with Crippen LogP contribution in [-0.2, 0) is 0 Å². The summed E-state index contributed by atoms with van der Waals surface area (Å²) in [5.41, 5.74) is 6.08. The Kier molecular flexibility index (Phi) is 5.28. The molecule has 0 bridgehead atoms. The molecule has 1 rings (SSSR count). The Morgan fingerprint density at radius 3 is 2.67 bits per heavy atom. The van der Waals surface area contributed by atoms with Crippen molar-refractivity contribution in [1.29, 1.82) is 0 Å². The van der Waals surface area contributed by atoms with Gasteiger partial charge >= 0.3 is 0 Å². The fraction of sp³-hybridized carbons (Fsp3) is 0.615. The van der Waals surface area contributed by atoms with Gasteiger partial charge in [0.2, 0.25) is 5.88 Å². The van der Waals surface area contributed by atoms with Crippen LogP contribution in [0.3, 0.4) is 0 Å². The van der Waals surface area contributed by atoms with Gasteiger partial charge in [-0.25, -0.2) is 4.98 Å². The molecule has 0 aliphatic rings. The normalized spacial score (nSPS) is 13.4. The maximum atomic E-state index is 8.89. The third-order valence-corrected chi connectivity index (χ3v) is 3.23. The Morgan fingerprint density at radius 1 is 1.44 bits per heavy atom. The Hall–Kier alpha value is -0.940. The molecule has 4 nitrogen and oxygen atoms in total. The average Bonchev–Trinajstić information content (AvgIpc) is 2.21. The molecular formula is C13H22N2O2S. The molecular weight excluding hydrogens is 248 g/mol. The molecule has 1 unspecified atom stereocenters. The Labute approximate surface area is 113 Å². The molecule has 18 heavy (non-hydrogen) atoms. The molecule has 0 saturated heterocycles. The lowest BCUT2D eigenvalue weighted by atomic mass is 10.2. The van der Waals surface area contributed by atoms with Crippen LogP contribution in [0, 0.1) is 0 Å². The first-order valence-electron chi connectivity index (χ1n) is 6.05. The van der Waals surface area contributed by atoms with E-state index in [4.69, 9.17) is 15.6 Å². The Balaban J connectivity index is 2.80. The standard InChI is InChI=1S/C13H22N2O2S/c1-9(7-8-16)18-11-6-5-10(14)12(15-11)17-13(2,3)4/h5-6,9,16H,7-8,14H2,1-4H3. The van der Waals surface area contributed by atoms with Crippen molar-refractivity contribution in [2.75, 3.05) is 12.3 Å². The molecule has 0 saturated carbocycles. The highest BCUT2D eigenvalue weighted by Crippen LogP contribution is 2.29. The fourth-order valence-corrected chi connectivity index (χ4v) is 2.24. The van der Waals surface area contributed by atoms with Gasteiger partial charge in [0.15, 0.2) is 0 Å². The van der Waals surface area contributed by atoms with Gasteiger partial charge in [-0.2, -0.15) is 0 Å². The lowest BCUT2D eigenvalue weighted by molar-refractivity contribution is 0.124. The van der Waals surface area contributed by atoms with Crippen LogP contribution in [0.5, 0.6) is 5.88 Å². The minimum Gasteiger partial charge on any atom is -0.470 e. The minimum absolute atomic E-state index is 0.189. The van der Waals surface area contributed by atoms with E-state index in [1.54, 1.807) is 11.8 Å². The van der Waals surface area contributed by atoms with E-state index in [-0.39, 0.29) is 12.2 Å². The van der Waals surface area contributed by atoms with Crippen molar-refractivity contribution in [2.24, 2.45) is 0 Å². The molecule has 1 atom stereocenters. The number of nitrogens with two attached hydrogens (primary N) is 1. The number of rotatable bonds is 5. The largest absolute Gasteiger partial charge is 0.470 e. The molecule has 102 valence electrons. The molecule has 0 amide bonds. The molecule has 0 radical (unpaired) electrons. The number of nitrogens with zero attached hydrogens (tertiary/aromatic N) is 1. The smallest absolute Gasteiger partial charge is 0.238 e. The van der Waals surface area contributed by atoms with Crippen molar-refractivity contribution < 1.29 is 9.84 Å². The summed E-state index contributed by atoms with van der Waals surface area (Å²) in [4.78, 5) is 4.41. The summed E-state index contributed by atoms with van der Waals surface area (Å²) in [5, 5.41) is 10.1. The van der Waals surface area contributed by atoms with Crippen LogP contribution in [0.1, 0.15) is 34.1 Å². The average molecular weight is 270 g/mol. The summed E-state index contributed by atoms with van der Waals surface area (Å²) >= 11 is 1.61. The van der Waals surface area contributed by atoms with Gasteiger partial charge in [0.05, 0.1) is 5.69 Å². The molecule has 3 N–H and O–H groups in total. The van der Waals surface area contributed by atoms with Gasteiger partial charge in [0.1, 0.15) is 10.6 Å². The molecule has 1 heterocycles.